The molecule has 0 fully saturated rings. The van der Waals surface area contributed by atoms with Gasteiger partial charge in [-0.3, -0.25) is 10.0 Å². The normalized spacial score (nSPS) is 13.6. The Kier molecular flexibility index (Phi) is 3.18. The van der Waals surface area contributed by atoms with E-state index in [1.807, 2.05) is 6.07 Å². The monoisotopic (exact) mass is 293 g/mol. The van der Waals surface area contributed by atoms with E-state index in [2.05, 4.69) is 70.2 Å². The molecule has 0 aliphatic carbocycles. The van der Waals surface area contributed by atoms with Gasteiger partial charge in [-0.15, -0.1) is 11.3 Å². The molecule has 4 rings (SSSR count). The van der Waals surface area contributed by atoms with Crippen LogP contribution < -0.4 is 15.3 Å². The van der Waals surface area contributed by atoms with E-state index >= 15 is 0 Å². The molecule has 1 N–H and O–H groups in total. The Balaban J connectivity index is 1.63. The number of hydrogen-bond donors (Lipinski definition) is 1. The summed E-state index contributed by atoms with van der Waals surface area (Å²) in [5.74, 6) is 0. The summed E-state index contributed by atoms with van der Waals surface area (Å²) in [4.78, 5) is 4.67. The van der Waals surface area contributed by atoms with Gasteiger partial charge in [-0.05, 0) is 11.6 Å². The van der Waals surface area contributed by atoms with Gasteiger partial charge in [0.05, 0.1) is 0 Å². The van der Waals surface area contributed by atoms with Gasteiger partial charge in [0.1, 0.15) is 11.3 Å². The third-order valence-electron chi connectivity index (χ3n) is 3.59. The van der Waals surface area contributed by atoms with Crippen LogP contribution in [0, 0.1) is 0 Å². The molecule has 1 aliphatic heterocycles. The summed E-state index contributed by atoms with van der Waals surface area (Å²) in [6.07, 6.45) is 2.17. The molecule has 0 saturated heterocycles. The van der Waals surface area contributed by atoms with Crippen LogP contribution in [0.1, 0.15) is 5.56 Å². The fraction of sp³-hybridized carbons (Fsp3) is 0.118. The van der Waals surface area contributed by atoms with Gasteiger partial charge in [0.2, 0.25) is 0 Å². The van der Waals surface area contributed by atoms with Gasteiger partial charge < -0.3 is 0 Å². The van der Waals surface area contributed by atoms with E-state index in [9.17, 15) is 0 Å². The minimum atomic E-state index is 0.659. The predicted molar refractivity (Wildman–Crippen MR) is 87.1 cm³/mol. The highest BCUT2D eigenvalue weighted by atomic mass is 32.1. The molecule has 3 nitrogen and oxygen atoms in total. The quantitative estimate of drug-likeness (QED) is 0.802. The summed E-state index contributed by atoms with van der Waals surface area (Å²) in [6, 6.07) is 18.9. The summed E-state index contributed by atoms with van der Waals surface area (Å²) in [7, 11) is 0. The molecule has 0 saturated carbocycles. The van der Waals surface area contributed by atoms with Crippen LogP contribution >= 0.6 is 11.3 Å². The predicted octanol–water partition coefficient (Wildman–Crippen LogP) is 2.24. The van der Waals surface area contributed by atoms with Crippen LogP contribution in [0.4, 0.5) is 0 Å². The molecule has 2 heterocycles. The minimum absolute atomic E-state index is 0.659. The van der Waals surface area contributed by atoms with E-state index in [0.717, 1.165) is 11.2 Å². The lowest BCUT2D eigenvalue weighted by molar-refractivity contribution is 0.298. The Hall–Kier alpha value is -2.17. The van der Waals surface area contributed by atoms with Crippen LogP contribution in [-0.2, 0) is 6.54 Å². The fourth-order valence-corrected chi connectivity index (χ4v) is 3.55. The lowest BCUT2D eigenvalue weighted by Crippen LogP contribution is -2.40. The molecule has 1 aromatic heterocycles. The number of nitrogens with zero attached hydrogens (tertiary/aromatic N) is 2. The van der Waals surface area contributed by atoms with Crippen molar-refractivity contribution < 1.29 is 0 Å². The number of thiophene rings is 1. The first-order valence-electron chi connectivity index (χ1n) is 6.98. The Morgan fingerprint density at radius 1 is 1.05 bits per heavy atom. The number of fused-ring (bicyclic) bond motifs is 3. The smallest absolute Gasteiger partial charge is 0.125 e. The molecule has 0 amide bonds. The third-order valence-corrected chi connectivity index (χ3v) is 4.71. The van der Waals surface area contributed by atoms with Crippen molar-refractivity contribution in [3.05, 3.63) is 70.1 Å². The molecule has 2 aromatic carbocycles. The maximum absolute atomic E-state index is 4.67. The molecule has 0 spiro atoms. The molecule has 0 bridgehead atoms. The Bertz CT molecular complexity index is 883. The Morgan fingerprint density at radius 2 is 1.86 bits per heavy atom. The van der Waals surface area contributed by atoms with Crippen LogP contribution in [0.3, 0.4) is 0 Å². The molecular formula is C17H15N3S. The molecule has 0 radical (unpaired) electrons. The van der Waals surface area contributed by atoms with Crippen LogP contribution in [0.15, 0.2) is 59.6 Å². The van der Waals surface area contributed by atoms with E-state index in [1.165, 1.54) is 20.9 Å². The third kappa shape index (κ3) is 2.44. The summed E-state index contributed by atoms with van der Waals surface area (Å²) in [5.41, 5.74) is 4.69. The minimum Gasteiger partial charge on any atom is -0.293 e. The van der Waals surface area contributed by atoms with Crippen LogP contribution in [-0.4, -0.2) is 11.7 Å². The van der Waals surface area contributed by atoms with Crippen molar-refractivity contribution in [3.63, 3.8) is 0 Å². The van der Waals surface area contributed by atoms with E-state index in [4.69, 9.17) is 0 Å². The van der Waals surface area contributed by atoms with Gasteiger partial charge in [0.25, 0.3) is 0 Å². The van der Waals surface area contributed by atoms with Gasteiger partial charge in [-0.2, -0.15) is 0 Å². The first-order chi connectivity index (χ1) is 10.4. The van der Waals surface area contributed by atoms with Gasteiger partial charge >= 0.3 is 0 Å². The SMILES string of the molecule is C1=c2c(sc3ccccc23)=NCN1NCc1ccccc1. The zero-order valence-corrected chi connectivity index (χ0v) is 12.3. The molecule has 21 heavy (non-hydrogen) atoms. The molecule has 0 unspecified atom stereocenters. The zero-order valence-electron chi connectivity index (χ0n) is 11.5. The average molecular weight is 293 g/mol. The summed E-state index contributed by atoms with van der Waals surface area (Å²) in [6.45, 7) is 1.47. The van der Waals surface area contributed by atoms with Gasteiger partial charge in [-0.1, -0.05) is 48.5 Å². The Morgan fingerprint density at radius 3 is 2.76 bits per heavy atom. The lowest BCUT2D eigenvalue weighted by atomic mass is 10.2. The second-order valence-electron chi connectivity index (χ2n) is 5.04. The summed E-state index contributed by atoms with van der Waals surface area (Å²) < 4.78 is 2.43. The maximum atomic E-state index is 4.67. The van der Waals surface area contributed by atoms with Crippen molar-refractivity contribution in [2.75, 3.05) is 6.67 Å². The van der Waals surface area contributed by atoms with Crippen molar-refractivity contribution in [1.29, 1.82) is 0 Å². The number of benzene rings is 2. The second kappa shape index (κ2) is 5.31. The van der Waals surface area contributed by atoms with Crippen LogP contribution in [0.2, 0.25) is 0 Å². The summed E-state index contributed by atoms with van der Waals surface area (Å²) in [5, 5.41) is 4.57. The molecule has 3 aromatic rings. The first kappa shape index (κ1) is 12.6. The van der Waals surface area contributed by atoms with Gasteiger partial charge in [0.15, 0.2) is 0 Å². The van der Waals surface area contributed by atoms with Crippen molar-refractivity contribution in [3.8, 4) is 0 Å². The van der Waals surface area contributed by atoms with Gasteiger partial charge in [-0.25, -0.2) is 5.43 Å². The topological polar surface area (TPSA) is 27.6 Å². The molecule has 0 atom stereocenters. The lowest BCUT2D eigenvalue weighted by Gasteiger charge is -2.20. The molecule has 104 valence electrons. The highest BCUT2D eigenvalue weighted by Crippen LogP contribution is 2.13. The zero-order chi connectivity index (χ0) is 14.1. The van der Waals surface area contributed by atoms with Crippen molar-refractivity contribution >= 4 is 27.6 Å². The fourth-order valence-electron chi connectivity index (χ4n) is 2.52. The highest BCUT2D eigenvalue weighted by Gasteiger charge is 2.08. The summed E-state index contributed by atoms with van der Waals surface area (Å²) >= 11 is 1.76. The molecular weight excluding hydrogens is 278 g/mol. The van der Waals surface area contributed by atoms with E-state index < -0.39 is 0 Å². The van der Waals surface area contributed by atoms with Crippen LogP contribution in [0.5, 0.6) is 0 Å². The number of hydrazine groups is 1. The average Bonchev–Trinajstić information content (AvgIpc) is 2.92. The maximum Gasteiger partial charge on any atom is 0.125 e. The van der Waals surface area contributed by atoms with Crippen LogP contribution in [0.25, 0.3) is 16.3 Å². The highest BCUT2D eigenvalue weighted by molar-refractivity contribution is 7.16. The van der Waals surface area contributed by atoms with E-state index in [0.29, 0.717) is 6.67 Å². The first-order valence-corrected chi connectivity index (χ1v) is 7.80. The number of rotatable bonds is 3. The number of hydrogen-bond acceptors (Lipinski definition) is 4. The van der Waals surface area contributed by atoms with E-state index in [1.54, 1.807) is 11.3 Å². The molecule has 1 aliphatic rings. The number of nitrogens with one attached hydrogen (secondary N) is 1. The van der Waals surface area contributed by atoms with E-state index in [-0.39, 0.29) is 0 Å². The van der Waals surface area contributed by atoms with Crippen molar-refractivity contribution in [1.82, 2.24) is 10.4 Å². The molecule has 4 heteroatoms. The van der Waals surface area contributed by atoms with Crippen molar-refractivity contribution in [2.45, 2.75) is 6.54 Å². The van der Waals surface area contributed by atoms with Crippen molar-refractivity contribution in [2.24, 2.45) is 4.99 Å². The Labute approximate surface area is 126 Å². The standard InChI is InChI=1S/C17H15N3S/c1-2-6-13(7-3-1)10-19-20-11-15-14-8-4-5-9-16(14)21-17(15)18-12-20/h1-9,11,19H,10,12H2. The van der Waals surface area contributed by atoms with Gasteiger partial charge in [0, 0.05) is 28.0 Å². The second-order valence-corrected chi connectivity index (χ2v) is 6.07. The largest absolute Gasteiger partial charge is 0.293 e.